The summed E-state index contributed by atoms with van der Waals surface area (Å²) in [5.74, 6) is 0.963. The molecule has 0 bridgehead atoms. The van der Waals surface area contributed by atoms with Gasteiger partial charge in [0.25, 0.3) is 5.91 Å². The highest BCUT2D eigenvalue weighted by Gasteiger charge is 2.14. The lowest BCUT2D eigenvalue weighted by atomic mass is 10.2. The minimum Gasteiger partial charge on any atom is -0.495 e. The van der Waals surface area contributed by atoms with Gasteiger partial charge in [-0.2, -0.15) is 0 Å². The number of aryl methyl sites for hydroxylation is 1. The van der Waals surface area contributed by atoms with E-state index in [0.717, 1.165) is 4.88 Å². The Hall–Kier alpha value is -1.53. The molecule has 0 atom stereocenters. The molecule has 4 nitrogen and oxygen atoms in total. The first-order valence-corrected chi connectivity index (χ1v) is 7.96. The van der Waals surface area contributed by atoms with E-state index in [-0.39, 0.29) is 5.91 Å². The van der Waals surface area contributed by atoms with E-state index in [2.05, 4.69) is 21.2 Å². The fraction of sp³-hybridized carbons (Fsp3) is 0.267. The van der Waals surface area contributed by atoms with Crippen LogP contribution in [-0.2, 0) is 6.54 Å². The number of hydrogen-bond acceptors (Lipinski definition) is 4. The van der Waals surface area contributed by atoms with Crippen molar-refractivity contribution in [2.45, 2.75) is 13.5 Å². The summed E-state index contributed by atoms with van der Waals surface area (Å²) in [7, 11) is 3.10. The fourth-order valence-electron chi connectivity index (χ4n) is 1.85. The average molecular weight is 370 g/mol. The minimum atomic E-state index is -0.160. The number of rotatable bonds is 5. The molecule has 1 aromatic heterocycles. The summed E-state index contributed by atoms with van der Waals surface area (Å²) in [4.78, 5) is 13.4. The van der Waals surface area contributed by atoms with Crippen molar-refractivity contribution < 1.29 is 14.3 Å². The van der Waals surface area contributed by atoms with E-state index in [0.29, 0.717) is 28.1 Å². The smallest absolute Gasteiger partial charge is 0.251 e. The first-order valence-electron chi connectivity index (χ1n) is 6.29. The highest BCUT2D eigenvalue weighted by Crippen LogP contribution is 2.35. The highest BCUT2D eigenvalue weighted by atomic mass is 79.9. The van der Waals surface area contributed by atoms with Crippen LogP contribution >= 0.6 is 27.3 Å². The van der Waals surface area contributed by atoms with Crippen LogP contribution in [0.25, 0.3) is 0 Å². The summed E-state index contributed by atoms with van der Waals surface area (Å²) in [6.07, 6.45) is 0. The molecule has 2 aromatic rings. The SMILES string of the molecule is COc1cc(C(=O)NCc2sccc2C)cc(OC)c1Br. The average Bonchev–Trinajstić information content (AvgIpc) is 2.90. The van der Waals surface area contributed by atoms with Gasteiger partial charge in [0.2, 0.25) is 0 Å². The zero-order valence-corrected chi connectivity index (χ0v) is 14.4. The second kappa shape index (κ2) is 6.95. The van der Waals surface area contributed by atoms with Crippen molar-refractivity contribution in [2.24, 2.45) is 0 Å². The summed E-state index contributed by atoms with van der Waals surface area (Å²) in [5.41, 5.74) is 1.69. The maximum Gasteiger partial charge on any atom is 0.251 e. The van der Waals surface area contributed by atoms with Gasteiger partial charge in [-0.3, -0.25) is 4.79 Å². The molecular weight excluding hydrogens is 354 g/mol. The lowest BCUT2D eigenvalue weighted by Gasteiger charge is -2.11. The Morgan fingerprint density at radius 2 is 1.90 bits per heavy atom. The molecule has 2 rings (SSSR count). The van der Waals surface area contributed by atoms with Crippen LogP contribution in [0.2, 0.25) is 0 Å². The summed E-state index contributed by atoms with van der Waals surface area (Å²) in [6, 6.07) is 5.41. The number of carbonyl (C=O) groups is 1. The summed E-state index contributed by atoms with van der Waals surface area (Å²) < 4.78 is 11.2. The zero-order valence-electron chi connectivity index (χ0n) is 12.0. The number of benzene rings is 1. The molecule has 1 N–H and O–H groups in total. The van der Waals surface area contributed by atoms with Gasteiger partial charge in [0.15, 0.2) is 0 Å². The second-order valence-electron chi connectivity index (χ2n) is 4.40. The maximum absolute atomic E-state index is 12.3. The normalized spacial score (nSPS) is 10.3. The fourth-order valence-corrected chi connectivity index (χ4v) is 3.25. The Bertz CT molecular complexity index is 629. The van der Waals surface area contributed by atoms with Crippen molar-refractivity contribution in [3.63, 3.8) is 0 Å². The van der Waals surface area contributed by atoms with Crippen LogP contribution in [-0.4, -0.2) is 20.1 Å². The summed E-state index contributed by atoms with van der Waals surface area (Å²) in [5, 5.41) is 4.93. The van der Waals surface area contributed by atoms with Gasteiger partial charge in [-0.25, -0.2) is 0 Å². The monoisotopic (exact) mass is 369 g/mol. The topological polar surface area (TPSA) is 47.6 Å². The molecule has 1 aromatic carbocycles. The Morgan fingerprint density at radius 3 is 2.38 bits per heavy atom. The third-order valence-electron chi connectivity index (χ3n) is 3.09. The van der Waals surface area contributed by atoms with Gasteiger partial charge in [0.1, 0.15) is 16.0 Å². The maximum atomic E-state index is 12.3. The second-order valence-corrected chi connectivity index (χ2v) is 6.20. The predicted octanol–water partition coefficient (Wildman–Crippen LogP) is 3.77. The van der Waals surface area contributed by atoms with Crippen LogP contribution in [0.3, 0.4) is 0 Å². The van der Waals surface area contributed by atoms with Gasteiger partial charge >= 0.3 is 0 Å². The quantitative estimate of drug-likeness (QED) is 0.872. The van der Waals surface area contributed by atoms with Gasteiger partial charge in [-0.15, -0.1) is 11.3 Å². The van der Waals surface area contributed by atoms with E-state index in [1.54, 1.807) is 37.7 Å². The lowest BCUT2D eigenvalue weighted by molar-refractivity contribution is 0.0950. The minimum absolute atomic E-state index is 0.160. The van der Waals surface area contributed by atoms with E-state index in [1.165, 1.54) is 5.56 Å². The molecule has 0 unspecified atom stereocenters. The molecule has 0 spiro atoms. The molecule has 0 saturated carbocycles. The molecule has 0 fully saturated rings. The first-order chi connectivity index (χ1) is 10.1. The van der Waals surface area contributed by atoms with Gasteiger partial charge in [-0.1, -0.05) is 0 Å². The van der Waals surface area contributed by atoms with Gasteiger partial charge in [-0.05, 0) is 52.0 Å². The standard InChI is InChI=1S/C15H16BrNO3S/c1-9-4-5-21-13(9)8-17-15(18)10-6-11(19-2)14(16)12(7-10)20-3/h4-7H,8H2,1-3H3,(H,17,18). The number of ether oxygens (including phenoxy) is 2. The van der Waals surface area contributed by atoms with Gasteiger partial charge in [0.05, 0.1) is 20.8 Å². The molecular formula is C15H16BrNO3S. The number of methoxy groups -OCH3 is 2. The van der Waals surface area contributed by atoms with Gasteiger partial charge in [0, 0.05) is 10.4 Å². The number of carbonyl (C=O) groups excluding carboxylic acids is 1. The number of nitrogens with one attached hydrogen (secondary N) is 1. The summed E-state index contributed by atoms with van der Waals surface area (Å²) >= 11 is 5.02. The van der Waals surface area contributed by atoms with Crippen LogP contribution in [0.15, 0.2) is 28.1 Å². The van der Waals surface area contributed by atoms with Crippen molar-refractivity contribution in [2.75, 3.05) is 14.2 Å². The van der Waals surface area contributed by atoms with Crippen LogP contribution in [0.5, 0.6) is 11.5 Å². The number of amides is 1. The highest BCUT2D eigenvalue weighted by molar-refractivity contribution is 9.10. The van der Waals surface area contributed by atoms with Crippen LogP contribution in [0.4, 0.5) is 0 Å². The van der Waals surface area contributed by atoms with Crippen LogP contribution < -0.4 is 14.8 Å². The Morgan fingerprint density at radius 1 is 1.29 bits per heavy atom. The van der Waals surface area contributed by atoms with E-state index in [4.69, 9.17) is 9.47 Å². The van der Waals surface area contributed by atoms with E-state index >= 15 is 0 Å². The molecule has 21 heavy (non-hydrogen) atoms. The van der Waals surface area contributed by atoms with Crippen molar-refractivity contribution >= 4 is 33.2 Å². The summed E-state index contributed by atoms with van der Waals surface area (Å²) in [6.45, 7) is 2.55. The van der Waals surface area contributed by atoms with Crippen LogP contribution in [0.1, 0.15) is 20.8 Å². The molecule has 0 aliphatic carbocycles. The molecule has 6 heteroatoms. The Labute approximate surface area is 136 Å². The van der Waals surface area contributed by atoms with E-state index in [1.807, 2.05) is 18.4 Å². The molecule has 0 aliphatic rings. The van der Waals surface area contributed by atoms with Gasteiger partial charge < -0.3 is 14.8 Å². The molecule has 0 aliphatic heterocycles. The van der Waals surface area contributed by atoms with Crippen LogP contribution in [0, 0.1) is 6.92 Å². The van der Waals surface area contributed by atoms with Crippen molar-refractivity contribution in [3.8, 4) is 11.5 Å². The van der Waals surface area contributed by atoms with Crippen molar-refractivity contribution in [3.05, 3.63) is 44.1 Å². The third kappa shape index (κ3) is 3.57. The van der Waals surface area contributed by atoms with E-state index < -0.39 is 0 Å². The predicted molar refractivity (Wildman–Crippen MR) is 87.5 cm³/mol. The zero-order chi connectivity index (χ0) is 15.4. The van der Waals surface area contributed by atoms with Crippen molar-refractivity contribution in [1.29, 1.82) is 0 Å². The Balaban J connectivity index is 2.17. The number of thiophene rings is 1. The largest absolute Gasteiger partial charge is 0.495 e. The molecule has 112 valence electrons. The Kier molecular flexibility index (Phi) is 5.25. The number of hydrogen-bond donors (Lipinski definition) is 1. The lowest BCUT2D eigenvalue weighted by Crippen LogP contribution is -2.22. The number of halogens is 1. The molecule has 0 radical (unpaired) electrons. The van der Waals surface area contributed by atoms with Crippen molar-refractivity contribution in [1.82, 2.24) is 5.32 Å². The molecule has 1 heterocycles. The first kappa shape index (κ1) is 15.9. The van der Waals surface area contributed by atoms with E-state index in [9.17, 15) is 4.79 Å². The third-order valence-corrected chi connectivity index (χ3v) is 4.89. The molecule has 0 saturated heterocycles. The molecule has 1 amide bonds.